The zero-order valence-corrected chi connectivity index (χ0v) is 16.4. The van der Waals surface area contributed by atoms with Gasteiger partial charge in [0.25, 0.3) is 11.5 Å². The van der Waals surface area contributed by atoms with E-state index in [1.807, 2.05) is 55.5 Å². The molecule has 0 atom stereocenters. The van der Waals surface area contributed by atoms with Crippen LogP contribution in [0.4, 0.5) is 0 Å². The molecule has 0 unspecified atom stereocenters. The molecule has 29 heavy (non-hydrogen) atoms. The van der Waals surface area contributed by atoms with Crippen LogP contribution in [-0.4, -0.2) is 35.9 Å². The van der Waals surface area contributed by atoms with Crippen molar-refractivity contribution in [1.29, 1.82) is 0 Å². The number of hydrogen-bond acceptors (Lipinski definition) is 5. The van der Waals surface area contributed by atoms with Gasteiger partial charge in [-0.05, 0) is 37.3 Å². The van der Waals surface area contributed by atoms with E-state index in [4.69, 9.17) is 9.47 Å². The maximum Gasteiger partial charge on any atom is 0.266 e. The normalized spacial score (nSPS) is 10.4. The van der Waals surface area contributed by atoms with E-state index in [9.17, 15) is 9.59 Å². The summed E-state index contributed by atoms with van der Waals surface area (Å²) in [5.74, 6) is 1.08. The molecule has 0 bridgehead atoms. The first kappa shape index (κ1) is 20.1. The maximum atomic E-state index is 12.1. The van der Waals surface area contributed by atoms with E-state index in [1.165, 1.54) is 10.7 Å². The van der Waals surface area contributed by atoms with Crippen LogP contribution < -0.4 is 20.3 Å². The molecular formula is C22H23N3O4. The number of ether oxygens (including phenoxy) is 2. The van der Waals surface area contributed by atoms with Crippen molar-refractivity contribution in [2.45, 2.75) is 13.5 Å². The van der Waals surface area contributed by atoms with E-state index in [0.717, 1.165) is 11.1 Å². The molecule has 0 aliphatic rings. The Kier molecular flexibility index (Phi) is 6.63. The Morgan fingerprint density at radius 2 is 1.86 bits per heavy atom. The van der Waals surface area contributed by atoms with Crippen molar-refractivity contribution in [1.82, 2.24) is 15.1 Å². The predicted octanol–water partition coefficient (Wildman–Crippen LogP) is 2.42. The van der Waals surface area contributed by atoms with Crippen LogP contribution >= 0.6 is 0 Å². The third kappa shape index (κ3) is 5.68. The summed E-state index contributed by atoms with van der Waals surface area (Å²) >= 11 is 0. The molecule has 1 heterocycles. The number of aromatic nitrogens is 2. The molecule has 7 nitrogen and oxygen atoms in total. The lowest BCUT2D eigenvalue weighted by Gasteiger charge is -2.10. The molecule has 1 N–H and O–H groups in total. The second-order valence-corrected chi connectivity index (χ2v) is 6.46. The highest BCUT2D eigenvalue weighted by molar-refractivity contribution is 5.77. The molecule has 0 saturated heterocycles. The monoisotopic (exact) mass is 393 g/mol. The fourth-order valence-electron chi connectivity index (χ4n) is 2.68. The maximum absolute atomic E-state index is 12.1. The summed E-state index contributed by atoms with van der Waals surface area (Å²) in [6.07, 6.45) is 0. The van der Waals surface area contributed by atoms with Gasteiger partial charge < -0.3 is 14.8 Å². The fourth-order valence-corrected chi connectivity index (χ4v) is 2.68. The Morgan fingerprint density at radius 1 is 1.07 bits per heavy atom. The fraction of sp³-hybridized carbons (Fsp3) is 0.227. The smallest absolute Gasteiger partial charge is 0.266 e. The molecule has 1 aromatic heterocycles. The van der Waals surface area contributed by atoms with Gasteiger partial charge in [-0.3, -0.25) is 9.59 Å². The summed E-state index contributed by atoms with van der Waals surface area (Å²) in [4.78, 5) is 24.0. The minimum Gasteiger partial charge on any atom is -0.497 e. The van der Waals surface area contributed by atoms with E-state index >= 15 is 0 Å². The molecule has 0 saturated carbocycles. The van der Waals surface area contributed by atoms with Crippen LogP contribution in [0.15, 0.2) is 65.5 Å². The van der Waals surface area contributed by atoms with Gasteiger partial charge >= 0.3 is 0 Å². The molecule has 1 amide bonds. The molecule has 0 aliphatic carbocycles. The van der Waals surface area contributed by atoms with Crippen molar-refractivity contribution in [3.05, 3.63) is 76.6 Å². The third-order valence-corrected chi connectivity index (χ3v) is 4.27. The average molecular weight is 393 g/mol. The Bertz CT molecular complexity index is 1030. The number of nitrogens with zero attached hydrogens (tertiary/aromatic N) is 2. The van der Waals surface area contributed by atoms with Crippen LogP contribution in [0, 0.1) is 6.92 Å². The summed E-state index contributed by atoms with van der Waals surface area (Å²) in [5.41, 5.74) is 2.38. The van der Waals surface area contributed by atoms with Crippen molar-refractivity contribution in [3.63, 3.8) is 0 Å². The summed E-state index contributed by atoms with van der Waals surface area (Å²) in [6, 6.07) is 18.0. The van der Waals surface area contributed by atoms with Crippen LogP contribution in [0.3, 0.4) is 0 Å². The molecular weight excluding hydrogens is 370 g/mol. The van der Waals surface area contributed by atoms with Crippen molar-refractivity contribution in [2.24, 2.45) is 0 Å². The van der Waals surface area contributed by atoms with Gasteiger partial charge in [0.1, 0.15) is 11.5 Å². The first-order valence-corrected chi connectivity index (χ1v) is 9.24. The van der Waals surface area contributed by atoms with Gasteiger partial charge in [0.15, 0.2) is 6.61 Å². The van der Waals surface area contributed by atoms with Gasteiger partial charge in [-0.15, -0.1) is 0 Å². The second kappa shape index (κ2) is 9.54. The zero-order valence-electron chi connectivity index (χ0n) is 16.4. The number of methoxy groups -OCH3 is 1. The van der Waals surface area contributed by atoms with Gasteiger partial charge in [-0.2, -0.15) is 5.10 Å². The van der Waals surface area contributed by atoms with E-state index in [2.05, 4.69) is 10.4 Å². The van der Waals surface area contributed by atoms with Gasteiger partial charge in [-0.25, -0.2) is 4.68 Å². The van der Waals surface area contributed by atoms with Crippen molar-refractivity contribution < 1.29 is 14.3 Å². The van der Waals surface area contributed by atoms with Crippen LogP contribution in [0.25, 0.3) is 11.3 Å². The van der Waals surface area contributed by atoms with Crippen molar-refractivity contribution >= 4 is 5.91 Å². The van der Waals surface area contributed by atoms with E-state index in [0.29, 0.717) is 17.2 Å². The standard InChI is InChI=1S/C22H23N3O4/c1-16-6-8-18(9-7-16)29-15-21(26)23-12-13-25-22(27)11-10-20(24-25)17-4-3-5-19(14-17)28-2/h3-11,14H,12-13,15H2,1-2H3,(H,23,26). The first-order chi connectivity index (χ1) is 14.0. The SMILES string of the molecule is COc1cccc(-c2ccc(=O)n(CCNC(=O)COc3ccc(C)cc3)n2)c1. The number of amides is 1. The van der Waals surface area contributed by atoms with Crippen LogP contribution in [-0.2, 0) is 11.3 Å². The van der Waals surface area contributed by atoms with Gasteiger partial charge in [0.05, 0.1) is 19.3 Å². The summed E-state index contributed by atoms with van der Waals surface area (Å²) in [7, 11) is 1.60. The number of benzene rings is 2. The minimum absolute atomic E-state index is 0.0881. The first-order valence-electron chi connectivity index (χ1n) is 9.24. The highest BCUT2D eigenvalue weighted by atomic mass is 16.5. The number of aryl methyl sites for hydroxylation is 1. The summed E-state index contributed by atoms with van der Waals surface area (Å²) in [5, 5.41) is 7.12. The molecule has 2 aromatic carbocycles. The van der Waals surface area contributed by atoms with Gasteiger partial charge in [0.2, 0.25) is 0 Å². The molecule has 150 valence electrons. The van der Waals surface area contributed by atoms with Gasteiger partial charge in [-0.1, -0.05) is 29.8 Å². The Balaban J connectivity index is 1.55. The summed E-state index contributed by atoms with van der Waals surface area (Å²) < 4.78 is 12.0. The number of carbonyl (C=O) groups is 1. The van der Waals surface area contributed by atoms with E-state index < -0.39 is 0 Å². The number of carbonyl (C=O) groups excluding carboxylic acids is 1. The van der Waals surface area contributed by atoms with Crippen molar-refractivity contribution in [3.8, 4) is 22.8 Å². The lowest BCUT2D eigenvalue weighted by molar-refractivity contribution is -0.123. The van der Waals surface area contributed by atoms with Crippen LogP contribution in [0.5, 0.6) is 11.5 Å². The second-order valence-electron chi connectivity index (χ2n) is 6.46. The predicted molar refractivity (Wildman–Crippen MR) is 110 cm³/mol. The average Bonchev–Trinajstić information content (AvgIpc) is 2.74. The zero-order chi connectivity index (χ0) is 20.6. The molecule has 0 spiro atoms. The summed E-state index contributed by atoms with van der Waals surface area (Å²) in [6.45, 7) is 2.42. The van der Waals surface area contributed by atoms with Gasteiger partial charge in [0, 0.05) is 18.2 Å². The van der Waals surface area contributed by atoms with Crippen LogP contribution in [0.1, 0.15) is 5.56 Å². The lowest BCUT2D eigenvalue weighted by atomic mass is 10.1. The topological polar surface area (TPSA) is 82.5 Å². The number of nitrogens with one attached hydrogen (secondary N) is 1. The largest absolute Gasteiger partial charge is 0.497 e. The van der Waals surface area contributed by atoms with Crippen molar-refractivity contribution in [2.75, 3.05) is 20.3 Å². The van der Waals surface area contributed by atoms with Crippen LogP contribution in [0.2, 0.25) is 0 Å². The minimum atomic E-state index is -0.262. The highest BCUT2D eigenvalue weighted by Crippen LogP contribution is 2.21. The molecule has 0 fully saturated rings. The lowest BCUT2D eigenvalue weighted by Crippen LogP contribution is -2.34. The Labute approximate surface area is 168 Å². The molecule has 3 rings (SSSR count). The molecule has 0 radical (unpaired) electrons. The quantitative estimate of drug-likeness (QED) is 0.636. The Morgan fingerprint density at radius 3 is 2.62 bits per heavy atom. The molecule has 7 heteroatoms. The third-order valence-electron chi connectivity index (χ3n) is 4.27. The van der Waals surface area contributed by atoms with E-state index in [1.54, 1.807) is 13.2 Å². The number of hydrogen-bond donors (Lipinski definition) is 1. The Hall–Kier alpha value is -3.61. The molecule has 0 aliphatic heterocycles. The molecule has 3 aromatic rings. The number of rotatable bonds is 8. The van der Waals surface area contributed by atoms with E-state index in [-0.39, 0.29) is 31.2 Å². The highest BCUT2D eigenvalue weighted by Gasteiger charge is 2.06.